The average molecular weight is 658 g/mol. The molecular weight excluding hydrogens is 616 g/mol. The van der Waals surface area contributed by atoms with Gasteiger partial charge in [0.25, 0.3) is 23.6 Å². The summed E-state index contributed by atoms with van der Waals surface area (Å²) in [7, 11) is 0. The van der Waals surface area contributed by atoms with E-state index in [-0.39, 0.29) is 23.6 Å². The topological polar surface area (TPSA) is 108 Å². The van der Waals surface area contributed by atoms with E-state index in [1.165, 1.54) is 9.80 Å². The SMILES string of the molecule is CCN1C(=O)c2cccc3c(NCCCCCn4cc[n+](CCCNc5ccc6c7c(cccc57)C(=O)N(CC)C6=O)c4)ccc(c23)C1=O. The van der Waals surface area contributed by atoms with Crippen LogP contribution in [-0.4, -0.2) is 64.2 Å². The van der Waals surface area contributed by atoms with Crippen molar-refractivity contribution in [2.24, 2.45) is 0 Å². The average Bonchev–Trinajstić information content (AvgIpc) is 3.57. The fourth-order valence-electron chi connectivity index (χ4n) is 7.18. The van der Waals surface area contributed by atoms with E-state index in [4.69, 9.17) is 0 Å². The molecule has 0 unspecified atom stereocenters. The maximum absolute atomic E-state index is 12.9. The Labute approximate surface area is 285 Å². The van der Waals surface area contributed by atoms with Crippen LogP contribution in [0.5, 0.6) is 0 Å². The van der Waals surface area contributed by atoms with Crippen LogP contribution in [0, 0.1) is 0 Å². The summed E-state index contributed by atoms with van der Waals surface area (Å²) in [6.45, 7) is 7.73. The summed E-state index contributed by atoms with van der Waals surface area (Å²) in [5, 5.41) is 10.4. The van der Waals surface area contributed by atoms with Gasteiger partial charge in [0.2, 0.25) is 6.33 Å². The molecule has 1 aromatic heterocycles. The van der Waals surface area contributed by atoms with Gasteiger partial charge in [-0.05, 0) is 69.5 Å². The quantitative estimate of drug-likeness (QED) is 0.0850. The van der Waals surface area contributed by atoms with Gasteiger partial charge in [0.15, 0.2) is 0 Å². The van der Waals surface area contributed by atoms with Gasteiger partial charge in [-0.15, -0.1) is 0 Å². The van der Waals surface area contributed by atoms with Crippen LogP contribution in [0.15, 0.2) is 79.4 Å². The Morgan fingerprint density at radius 1 is 0.592 bits per heavy atom. The number of aryl methyl sites for hydroxylation is 2. The van der Waals surface area contributed by atoms with Gasteiger partial charge in [0.1, 0.15) is 12.4 Å². The molecule has 7 rings (SSSR count). The monoisotopic (exact) mass is 657 g/mol. The maximum Gasteiger partial charge on any atom is 0.261 e. The number of hydrogen-bond donors (Lipinski definition) is 2. The number of nitrogens with zero attached hydrogens (tertiary/aromatic N) is 4. The normalized spacial score (nSPS) is 14.0. The standard InChI is InChI=1S/C39H40N6O4/c1-3-44-36(46)28-13-8-11-26-32(17-15-30(34(26)28)38(44)48)40-19-6-5-7-21-42-23-24-43(25-42)22-10-20-41-33-18-16-31-35-27(33)12-9-14-29(35)37(47)45(4-2)39(31)49/h8-9,11-18,23-25H,3-7,10,19-22H2,1-2H3,(H-,40,41,46,47,48,49)/p+1. The molecule has 4 amide bonds. The molecule has 250 valence electrons. The Morgan fingerprint density at radius 3 is 1.63 bits per heavy atom. The Kier molecular flexibility index (Phi) is 8.86. The molecule has 0 saturated heterocycles. The number of amides is 4. The lowest BCUT2D eigenvalue weighted by molar-refractivity contribution is -0.696. The molecule has 2 N–H and O–H groups in total. The molecule has 3 heterocycles. The molecule has 10 nitrogen and oxygen atoms in total. The summed E-state index contributed by atoms with van der Waals surface area (Å²) in [5.74, 6) is -0.909. The van der Waals surface area contributed by atoms with Crippen molar-refractivity contribution in [1.29, 1.82) is 0 Å². The fourth-order valence-corrected chi connectivity index (χ4v) is 7.18. The number of rotatable bonds is 14. The van der Waals surface area contributed by atoms with Crippen molar-refractivity contribution in [3.63, 3.8) is 0 Å². The van der Waals surface area contributed by atoms with Crippen molar-refractivity contribution in [3.05, 3.63) is 102 Å². The molecule has 2 aliphatic rings. The van der Waals surface area contributed by atoms with Crippen LogP contribution < -0.4 is 15.2 Å². The van der Waals surface area contributed by atoms with Crippen LogP contribution >= 0.6 is 0 Å². The summed E-state index contributed by atoms with van der Waals surface area (Å²) in [6, 6.07) is 18.9. The van der Waals surface area contributed by atoms with Gasteiger partial charge in [-0.3, -0.25) is 29.0 Å². The van der Waals surface area contributed by atoms with E-state index in [2.05, 4.69) is 38.5 Å². The first kappa shape index (κ1) is 32.1. The van der Waals surface area contributed by atoms with Gasteiger partial charge in [0, 0.05) is 87.8 Å². The van der Waals surface area contributed by atoms with E-state index in [0.717, 1.165) is 84.8 Å². The molecule has 2 aliphatic heterocycles. The highest BCUT2D eigenvalue weighted by Crippen LogP contribution is 2.35. The number of nitrogens with one attached hydrogen (secondary N) is 2. The third-order valence-corrected chi connectivity index (χ3v) is 9.68. The van der Waals surface area contributed by atoms with Crippen LogP contribution in [0.4, 0.5) is 11.4 Å². The smallest absolute Gasteiger partial charge is 0.261 e. The van der Waals surface area contributed by atoms with Crippen molar-refractivity contribution >= 4 is 56.5 Å². The zero-order valence-electron chi connectivity index (χ0n) is 28.0. The first-order valence-corrected chi connectivity index (χ1v) is 17.3. The molecule has 0 radical (unpaired) electrons. The molecular formula is C39H41N6O4+. The van der Waals surface area contributed by atoms with Gasteiger partial charge in [-0.2, -0.15) is 0 Å². The van der Waals surface area contributed by atoms with Gasteiger partial charge in [-0.25, -0.2) is 9.13 Å². The van der Waals surface area contributed by atoms with E-state index >= 15 is 0 Å². The Bertz CT molecular complexity index is 2070. The van der Waals surface area contributed by atoms with E-state index < -0.39 is 0 Å². The van der Waals surface area contributed by atoms with E-state index in [1.54, 1.807) is 12.1 Å². The van der Waals surface area contributed by atoms with Gasteiger partial charge < -0.3 is 10.6 Å². The van der Waals surface area contributed by atoms with Crippen molar-refractivity contribution in [2.75, 3.05) is 36.8 Å². The summed E-state index contributed by atoms with van der Waals surface area (Å²) < 4.78 is 4.42. The largest absolute Gasteiger partial charge is 0.385 e. The molecule has 0 spiro atoms. The van der Waals surface area contributed by atoms with Gasteiger partial charge in [0.05, 0.1) is 13.1 Å². The van der Waals surface area contributed by atoms with Crippen LogP contribution in [0.3, 0.4) is 0 Å². The van der Waals surface area contributed by atoms with E-state index in [1.807, 2.05) is 62.4 Å². The lowest BCUT2D eigenvalue weighted by Gasteiger charge is -2.26. The molecule has 0 atom stereocenters. The maximum atomic E-state index is 12.9. The van der Waals surface area contributed by atoms with Crippen molar-refractivity contribution in [3.8, 4) is 0 Å². The van der Waals surface area contributed by atoms with E-state index in [0.29, 0.717) is 35.3 Å². The summed E-state index contributed by atoms with van der Waals surface area (Å²) in [5.41, 5.74) is 4.22. The first-order valence-electron chi connectivity index (χ1n) is 17.3. The third-order valence-electron chi connectivity index (χ3n) is 9.68. The number of anilines is 2. The summed E-state index contributed by atoms with van der Waals surface area (Å²) >= 11 is 0. The van der Waals surface area contributed by atoms with Crippen LogP contribution in [-0.2, 0) is 13.1 Å². The van der Waals surface area contributed by atoms with E-state index in [9.17, 15) is 19.2 Å². The predicted molar refractivity (Wildman–Crippen MR) is 190 cm³/mol. The molecule has 0 bridgehead atoms. The molecule has 49 heavy (non-hydrogen) atoms. The first-order chi connectivity index (χ1) is 23.9. The lowest BCUT2D eigenvalue weighted by atomic mass is 9.93. The minimum atomic E-state index is -0.230. The lowest BCUT2D eigenvalue weighted by Crippen LogP contribution is -2.40. The number of benzene rings is 4. The molecule has 0 aliphatic carbocycles. The summed E-state index contributed by atoms with van der Waals surface area (Å²) in [6.07, 6.45) is 10.4. The number of carbonyl (C=O) groups is 4. The highest BCUT2D eigenvalue weighted by molar-refractivity contribution is 6.27. The molecule has 0 fully saturated rings. The zero-order valence-corrected chi connectivity index (χ0v) is 28.0. The number of hydrogen-bond acceptors (Lipinski definition) is 6. The fraction of sp³-hybridized carbons (Fsp3) is 0.308. The second-order valence-corrected chi connectivity index (χ2v) is 12.6. The molecule has 5 aromatic rings. The number of unbranched alkanes of at least 4 members (excludes halogenated alkanes) is 2. The Morgan fingerprint density at radius 2 is 1.10 bits per heavy atom. The number of aromatic nitrogens is 2. The molecule has 4 aromatic carbocycles. The van der Waals surface area contributed by atoms with Crippen LogP contribution in [0.25, 0.3) is 21.5 Å². The van der Waals surface area contributed by atoms with Crippen molar-refractivity contribution in [2.45, 2.75) is 52.6 Å². The minimum Gasteiger partial charge on any atom is -0.385 e. The van der Waals surface area contributed by atoms with Crippen molar-refractivity contribution < 1.29 is 23.7 Å². The third kappa shape index (κ3) is 5.81. The predicted octanol–water partition coefficient (Wildman–Crippen LogP) is 6.10. The Hall–Kier alpha value is -5.51. The minimum absolute atomic E-state index is 0.225. The Balaban J connectivity index is 0.865. The number of carbonyl (C=O) groups excluding carboxylic acids is 4. The van der Waals surface area contributed by atoms with Crippen LogP contribution in [0.1, 0.15) is 81.0 Å². The molecule has 10 heteroatoms. The van der Waals surface area contributed by atoms with Crippen molar-refractivity contribution in [1.82, 2.24) is 14.4 Å². The van der Waals surface area contributed by atoms with Gasteiger partial charge >= 0.3 is 0 Å². The van der Waals surface area contributed by atoms with Crippen LogP contribution in [0.2, 0.25) is 0 Å². The summed E-state index contributed by atoms with van der Waals surface area (Å²) in [4.78, 5) is 54.2. The number of imidazole rings is 1. The zero-order chi connectivity index (χ0) is 34.1. The molecule has 0 saturated carbocycles. The number of imide groups is 2. The highest BCUT2D eigenvalue weighted by Gasteiger charge is 2.33. The highest BCUT2D eigenvalue weighted by atomic mass is 16.2. The van der Waals surface area contributed by atoms with Gasteiger partial charge in [-0.1, -0.05) is 24.3 Å². The second-order valence-electron chi connectivity index (χ2n) is 12.6. The second kappa shape index (κ2) is 13.5.